The summed E-state index contributed by atoms with van der Waals surface area (Å²) in [6.07, 6.45) is 0. The maximum Gasteiger partial charge on any atom is 0.156 e. The Morgan fingerprint density at radius 1 is 1.29 bits per heavy atom. The Hall–Kier alpha value is -1.09. The smallest absolute Gasteiger partial charge is 0.156 e. The van der Waals surface area contributed by atoms with Gasteiger partial charge in [-0.25, -0.2) is 4.39 Å². The van der Waals surface area contributed by atoms with Crippen molar-refractivity contribution in [3.8, 4) is 5.75 Å². The Balaban J connectivity index is 3.43. The van der Waals surface area contributed by atoms with Gasteiger partial charge in [-0.15, -0.1) is 0 Å². The molecule has 0 spiro atoms. The summed E-state index contributed by atoms with van der Waals surface area (Å²) in [6.45, 7) is 7.42. The minimum absolute atomic E-state index is 0.0592. The second-order valence-electron chi connectivity index (χ2n) is 5.46. The van der Waals surface area contributed by atoms with Gasteiger partial charge in [0.1, 0.15) is 5.75 Å². The molecule has 0 heterocycles. The van der Waals surface area contributed by atoms with Gasteiger partial charge < -0.3 is 10.5 Å². The highest BCUT2D eigenvalue weighted by Crippen LogP contribution is 2.45. The van der Waals surface area contributed by atoms with Crippen LogP contribution in [0.1, 0.15) is 31.9 Å². The van der Waals surface area contributed by atoms with E-state index in [1.807, 2.05) is 39.8 Å². The molecule has 0 bridgehead atoms. The number of halogens is 1. The van der Waals surface area contributed by atoms with Crippen LogP contribution in [-0.2, 0) is 5.67 Å². The molecule has 2 nitrogen and oxygen atoms in total. The van der Waals surface area contributed by atoms with E-state index in [2.05, 4.69) is 0 Å². The highest BCUT2D eigenvalue weighted by Gasteiger charge is 2.44. The Bertz CT molecular complexity index is 398. The van der Waals surface area contributed by atoms with Crippen LogP contribution in [0, 0.1) is 12.3 Å². The monoisotopic (exact) mass is 239 g/mol. The lowest BCUT2D eigenvalue weighted by Gasteiger charge is -2.38. The van der Waals surface area contributed by atoms with Gasteiger partial charge in [-0.1, -0.05) is 32.4 Å². The third-order valence-electron chi connectivity index (χ3n) is 3.25. The van der Waals surface area contributed by atoms with Gasteiger partial charge in [-0.2, -0.15) is 0 Å². The summed E-state index contributed by atoms with van der Waals surface area (Å²) in [6, 6.07) is 5.51. The standard InChI is InChI=1S/C14H22FNO/c1-10-6-7-12(17-5)11(8-10)14(15,9-16)13(2,3)4/h6-8H,9,16H2,1-5H3. The van der Waals surface area contributed by atoms with Crippen molar-refractivity contribution in [2.75, 3.05) is 13.7 Å². The third kappa shape index (κ3) is 2.44. The lowest BCUT2D eigenvalue weighted by Crippen LogP contribution is -2.42. The van der Waals surface area contributed by atoms with E-state index >= 15 is 4.39 Å². The third-order valence-corrected chi connectivity index (χ3v) is 3.25. The van der Waals surface area contributed by atoms with Crippen molar-refractivity contribution in [3.05, 3.63) is 29.3 Å². The van der Waals surface area contributed by atoms with E-state index < -0.39 is 11.1 Å². The number of nitrogens with two attached hydrogens (primary N) is 1. The molecule has 0 saturated carbocycles. The van der Waals surface area contributed by atoms with Crippen molar-refractivity contribution in [1.82, 2.24) is 0 Å². The topological polar surface area (TPSA) is 35.2 Å². The van der Waals surface area contributed by atoms with Gasteiger partial charge in [-0.3, -0.25) is 0 Å². The first-order valence-electron chi connectivity index (χ1n) is 5.80. The van der Waals surface area contributed by atoms with Gasteiger partial charge >= 0.3 is 0 Å². The van der Waals surface area contributed by atoms with Crippen molar-refractivity contribution < 1.29 is 9.13 Å². The molecule has 2 N–H and O–H groups in total. The Labute approximate surface area is 103 Å². The van der Waals surface area contributed by atoms with Gasteiger partial charge in [0.25, 0.3) is 0 Å². The number of hydrogen-bond acceptors (Lipinski definition) is 2. The van der Waals surface area contributed by atoms with E-state index in [1.54, 1.807) is 13.2 Å². The van der Waals surface area contributed by atoms with Crippen molar-refractivity contribution in [1.29, 1.82) is 0 Å². The zero-order valence-electron chi connectivity index (χ0n) is 11.3. The van der Waals surface area contributed by atoms with Gasteiger partial charge in [0.2, 0.25) is 0 Å². The molecular formula is C14H22FNO. The molecule has 1 unspecified atom stereocenters. The fourth-order valence-electron chi connectivity index (χ4n) is 1.95. The van der Waals surface area contributed by atoms with E-state index in [4.69, 9.17) is 10.5 Å². The molecule has 0 saturated heterocycles. The average Bonchev–Trinajstić information content (AvgIpc) is 2.26. The van der Waals surface area contributed by atoms with Crippen LogP contribution < -0.4 is 10.5 Å². The maximum absolute atomic E-state index is 15.2. The Morgan fingerprint density at radius 3 is 2.29 bits per heavy atom. The fourth-order valence-corrected chi connectivity index (χ4v) is 1.95. The SMILES string of the molecule is COc1ccc(C)cc1C(F)(CN)C(C)(C)C. The second-order valence-corrected chi connectivity index (χ2v) is 5.46. The zero-order chi connectivity index (χ0) is 13.3. The van der Waals surface area contributed by atoms with E-state index in [9.17, 15) is 0 Å². The summed E-state index contributed by atoms with van der Waals surface area (Å²) in [5, 5.41) is 0. The molecule has 17 heavy (non-hydrogen) atoms. The second kappa shape index (κ2) is 4.65. The maximum atomic E-state index is 15.2. The highest BCUT2D eigenvalue weighted by molar-refractivity contribution is 5.42. The normalized spacial score (nSPS) is 15.5. The molecule has 0 aliphatic rings. The predicted octanol–water partition coefficient (Wildman–Crippen LogP) is 3.17. The molecule has 1 atom stereocenters. The van der Waals surface area contributed by atoms with Crippen LogP contribution in [0.4, 0.5) is 4.39 Å². The van der Waals surface area contributed by atoms with Crippen LogP contribution in [0.2, 0.25) is 0 Å². The van der Waals surface area contributed by atoms with Gasteiger partial charge in [0, 0.05) is 17.5 Å². The molecule has 0 fully saturated rings. The van der Waals surface area contributed by atoms with Crippen molar-refractivity contribution in [3.63, 3.8) is 0 Å². The summed E-state index contributed by atoms with van der Waals surface area (Å²) in [7, 11) is 1.55. The Kier molecular flexibility index (Phi) is 3.82. The predicted molar refractivity (Wildman–Crippen MR) is 69.0 cm³/mol. The number of benzene rings is 1. The average molecular weight is 239 g/mol. The molecule has 3 heteroatoms. The Morgan fingerprint density at radius 2 is 1.88 bits per heavy atom. The number of aryl methyl sites for hydroxylation is 1. The number of ether oxygens (including phenoxy) is 1. The zero-order valence-corrected chi connectivity index (χ0v) is 11.3. The van der Waals surface area contributed by atoms with Crippen LogP contribution in [0.25, 0.3) is 0 Å². The molecule has 1 rings (SSSR count). The molecule has 0 aromatic heterocycles. The van der Waals surface area contributed by atoms with E-state index in [-0.39, 0.29) is 6.54 Å². The van der Waals surface area contributed by atoms with E-state index in [0.717, 1.165) is 5.56 Å². The minimum atomic E-state index is -1.59. The summed E-state index contributed by atoms with van der Waals surface area (Å²) in [4.78, 5) is 0. The number of methoxy groups -OCH3 is 1. The number of rotatable bonds is 3. The van der Waals surface area contributed by atoms with Crippen LogP contribution in [0.3, 0.4) is 0 Å². The molecule has 1 aromatic carbocycles. The van der Waals surface area contributed by atoms with Crippen molar-refractivity contribution in [2.24, 2.45) is 11.1 Å². The first kappa shape index (κ1) is 14.0. The van der Waals surface area contributed by atoms with Crippen LogP contribution >= 0.6 is 0 Å². The molecule has 1 aromatic rings. The van der Waals surface area contributed by atoms with Gasteiger partial charge in [0.15, 0.2) is 5.67 Å². The summed E-state index contributed by atoms with van der Waals surface area (Å²) in [5.74, 6) is 0.554. The van der Waals surface area contributed by atoms with Crippen molar-refractivity contribution >= 4 is 0 Å². The summed E-state index contributed by atoms with van der Waals surface area (Å²) < 4.78 is 20.4. The molecule has 0 aliphatic carbocycles. The summed E-state index contributed by atoms with van der Waals surface area (Å²) >= 11 is 0. The van der Waals surface area contributed by atoms with Crippen LogP contribution in [0.15, 0.2) is 18.2 Å². The van der Waals surface area contributed by atoms with E-state index in [1.165, 1.54) is 0 Å². The van der Waals surface area contributed by atoms with Crippen LogP contribution in [0.5, 0.6) is 5.75 Å². The lowest BCUT2D eigenvalue weighted by molar-refractivity contribution is 0.0319. The molecule has 0 radical (unpaired) electrons. The van der Waals surface area contributed by atoms with Crippen molar-refractivity contribution in [2.45, 2.75) is 33.4 Å². The van der Waals surface area contributed by atoms with E-state index in [0.29, 0.717) is 11.3 Å². The number of hydrogen-bond donors (Lipinski definition) is 1. The summed E-state index contributed by atoms with van der Waals surface area (Å²) in [5.41, 5.74) is 5.03. The largest absolute Gasteiger partial charge is 0.496 e. The number of alkyl halides is 1. The minimum Gasteiger partial charge on any atom is -0.496 e. The van der Waals surface area contributed by atoms with Gasteiger partial charge in [0.05, 0.1) is 7.11 Å². The fraction of sp³-hybridized carbons (Fsp3) is 0.571. The highest BCUT2D eigenvalue weighted by atomic mass is 19.1. The molecule has 0 amide bonds. The first-order chi connectivity index (χ1) is 7.76. The molecular weight excluding hydrogens is 217 g/mol. The van der Waals surface area contributed by atoms with Gasteiger partial charge in [-0.05, 0) is 19.1 Å². The van der Waals surface area contributed by atoms with Crippen LogP contribution in [-0.4, -0.2) is 13.7 Å². The molecule has 96 valence electrons. The molecule has 0 aliphatic heterocycles. The quantitative estimate of drug-likeness (QED) is 0.879. The first-order valence-corrected chi connectivity index (χ1v) is 5.80. The lowest BCUT2D eigenvalue weighted by atomic mass is 9.73.